The van der Waals surface area contributed by atoms with Crippen molar-refractivity contribution in [2.75, 3.05) is 0 Å². The molecular formula is C14H14O5. The molecule has 0 saturated carbocycles. The largest absolute Gasteiger partial charge is 0.481 e. The van der Waals surface area contributed by atoms with Crippen LogP contribution < -0.4 is 0 Å². The highest BCUT2D eigenvalue weighted by molar-refractivity contribution is 5.98. The summed E-state index contributed by atoms with van der Waals surface area (Å²) >= 11 is 0. The molecule has 5 heteroatoms. The molecule has 0 spiro atoms. The maximum Gasteiger partial charge on any atom is 0.347 e. The van der Waals surface area contributed by atoms with Gasteiger partial charge < -0.3 is 14.2 Å². The number of carbonyl (C=O) groups is 2. The van der Waals surface area contributed by atoms with Crippen LogP contribution in [-0.4, -0.2) is 24.1 Å². The van der Waals surface area contributed by atoms with Gasteiger partial charge >= 0.3 is 11.9 Å². The molecule has 2 bridgehead atoms. The summed E-state index contributed by atoms with van der Waals surface area (Å²) in [6.45, 7) is 6.95. The van der Waals surface area contributed by atoms with Crippen LogP contribution in [0.3, 0.4) is 0 Å². The summed E-state index contributed by atoms with van der Waals surface area (Å²) in [6.07, 6.45) is 1.88. The van der Waals surface area contributed by atoms with E-state index in [1.165, 1.54) is 0 Å². The molecule has 0 aliphatic carbocycles. The van der Waals surface area contributed by atoms with Gasteiger partial charge in [-0.2, -0.15) is 0 Å². The van der Waals surface area contributed by atoms with Gasteiger partial charge in [-0.25, -0.2) is 9.59 Å². The van der Waals surface area contributed by atoms with Gasteiger partial charge in [0.1, 0.15) is 17.8 Å². The van der Waals surface area contributed by atoms with Crippen LogP contribution in [0.15, 0.2) is 35.3 Å². The molecule has 3 rings (SSSR count). The van der Waals surface area contributed by atoms with Crippen LogP contribution in [0.4, 0.5) is 0 Å². The molecule has 0 aromatic rings. The molecule has 0 amide bonds. The lowest BCUT2D eigenvalue weighted by atomic mass is 9.91. The zero-order valence-corrected chi connectivity index (χ0v) is 10.8. The van der Waals surface area contributed by atoms with Crippen molar-refractivity contribution >= 4 is 11.9 Å². The Morgan fingerprint density at radius 2 is 2.32 bits per heavy atom. The van der Waals surface area contributed by atoms with Gasteiger partial charge in [-0.15, -0.1) is 0 Å². The molecular weight excluding hydrogens is 248 g/mol. The van der Waals surface area contributed by atoms with Gasteiger partial charge in [0.25, 0.3) is 0 Å². The van der Waals surface area contributed by atoms with Crippen molar-refractivity contribution in [3.05, 3.63) is 35.3 Å². The van der Waals surface area contributed by atoms with Gasteiger partial charge in [0.05, 0.1) is 5.92 Å². The smallest absolute Gasteiger partial charge is 0.347 e. The van der Waals surface area contributed by atoms with Gasteiger partial charge in [-0.1, -0.05) is 6.58 Å². The molecule has 19 heavy (non-hydrogen) atoms. The van der Waals surface area contributed by atoms with Gasteiger partial charge in [-0.05, 0) is 26.3 Å². The van der Waals surface area contributed by atoms with E-state index in [9.17, 15) is 9.59 Å². The summed E-state index contributed by atoms with van der Waals surface area (Å²) in [7, 11) is 0. The Balaban J connectivity index is 1.66. The van der Waals surface area contributed by atoms with Crippen LogP contribution in [-0.2, 0) is 23.8 Å². The van der Waals surface area contributed by atoms with E-state index in [4.69, 9.17) is 14.2 Å². The van der Waals surface area contributed by atoms with E-state index in [-0.39, 0.29) is 24.1 Å². The maximum atomic E-state index is 11.5. The number of rotatable bonds is 4. The van der Waals surface area contributed by atoms with Crippen molar-refractivity contribution < 1.29 is 23.8 Å². The summed E-state index contributed by atoms with van der Waals surface area (Å²) in [5.41, 5.74) is 0.899. The van der Waals surface area contributed by atoms with E-state index < -0.39 is 5.97 Å². The third-order valence-electron chi connectivity index (χ3n) is 3.45. The average Bonchev–Trinajstić information content (AvgIpc) is 2.93. The van der Waals surface area contributed by atoms with Gasteiger partial charge in [0.2, 0.25) is 0 Å². The first-order chi connectivity index (χ1) is 8.97. The minimum atomic E-state index is -0.408. The Bertz CT molecular complexity index is 554. The Labute approximate surface area is 110 Å². The molecule has 3 atom stereocenters. The van der Waals surface area contributed by atoms with Crippen molar-refractivity contribution in [2.45, 2.75) is 32.5 Å². The molecule has 3 aliphatic heterocycles. The van der Waals surface area contributed by atoms with Crippen molar-refractivity contribution in [3.63, 3.8) is 0 Å². The Morgan fingerprint density at radius 3 is 3.00 bits per heavy atom. The molecule has 0 radical (unpaired) electrons. The predicted molar refractivity (Wildman–Crippen MR) is 64.5 cm³/mol. The van der Waals surface area contributed by atoms with Crippen LogP contribution >= 0.6 is 0 Å². The molecule has 0 saturated heterocycles. The highest BCUT2D eigenvalue weighted by Gasteiger charge is 2.51. The van der Waals surface area contributed by atoms with Gasteiger partial charge in [0.15, 0.2) is 11.5 Å². The second-order valence-electron chi connectivity index (χ2n) is 5.08. The zero-order chi connectivity index (χ0) is 13.7. The standard InChI is InChI=1S/C14H14O5/c1-6(2)13(15)17-7(3)4-8-10-5-9-12(18-10)11(8)19-14(9)16/h5,7-8,10H,1,4H2,2-3H3/t7?,8?,10-/m0/s1. The predicted octanol–water partition coefficient (Wildman–Crippen LogP) is 1.61. The normalized spacial score (nSPS) is 27.9. The van der Waals surface area contributed by atoms with Crippen LogP contribution in [0.25, 0.3) is 0 Å². The lowest BCUT2D eigenvalue weighted by Crippen LogP contribution is -2.24. The lowest BCUT2D eigenvalue weighted by Gasteiger charge is -2.20. The molecule has 0 aromatic heterocycles. The van der Waals surface area contributed by atoms with E-state index in [0.717, 1.165) is 0 Å². The molecule has 5 nitrogen and oxygen atoms in total. The fraction of sp³-hybridized carbons (Fsp3) is 0.429. The first-order valence-electron chi connectivity index (χ1n) is 6.19. The van der Waals surface area contributed by atoms with Crippen molar-refractivity contribution in [2.24, 2.45) is 5.92 Å². The van der Waals surface area contributed by atoms with Crippen LogP contribution in [0, 0.1) is 5.92 Å². The molecule has 0 N–H and O–H groups in total. The highest BCUT2D eigenvalue weighted by Crippen LogP contribution is 2.49. The minimum Gasteiger partial charge on any atom is -0.481 e. The number of fused-ring (bicyclic) bond motifs is 1. The Hall–Kier alpha value is -2.04. The van der Waals surface area contributed by atoms with E-state index in [1.54, 1.807) is 19.9 Å². The fourth-order valence-corrected chi connectivity index (χ4v) is 2.55. The molecule has 2 unspecified atom stereocenters. The number of carbonyl (C=O) groups excluding carboxylic acids is 2. The fourth-order valence-electron chi connectivity index (χ4n) is 2.55. The van der Waals surface area contributed by atoms with Gasteiger partial charge in [0, 0.05) is 5.57 Å². The van der Waals surface area contributed by atoms with Crippen molar-refractivity contribution in [1.29, 1.82) is 0 Å². The summed E-state index contributed by atoms with van der Waals surface area (Å²) < 4.78 is 16.0. The highest BCUT2D eigenvalue weighted by atomic mass is 16.6. The quantitative estimate of drug-likeness (QED) is 0.569. The second kappa shape index (κ2) is 3.98. The monoisotopic (exact) mass is 262 g/mol. The molecule has 0 fully saturated rings. The van der Waals surface area contributed by atoms with E-state index in [0.29, 0.717) is 29.1 Å². The molecule has 3 heterocycles. The average molecular weight is 262 g/mol. The number of ether oxygens (including phenoxy) is 3. The summed E-state index contributed by atoms with van der Waals surface area (Å²) in [5, 5.41) is 0. The Kier molecular flexibility index (Phi) is 2.52. The van der Waals surface area contributed by atoms with Crippen LogP contribution in [0.2, 0.25) is 0 Å². The first kappa shape index (κ1) is 12.0. The third kappa shape index (κ3) is 1.77. The summed E-state index contributed by atoms with van der Waals surface area (Å²) in [5.74, 6) is 0.345. The number of hydrogen-bond acceptors (Lipinski definition) is 5. The van der Waals surface area contributed by atoms with E-state index >= 15 is 0 Å². The lowest BCUT2D eigenvalue weighted by molar-refractivity contribution is -0.144. The SMILES string of the molecule is C=C(C)C(=O)OC(C)CC1C2=C3O[C@H]1C=C3C(=O)O2. The summed E-state index contributed by atoms with van der Waals surface area (Å²) in [4.78, 5) is 22.9. The number of hydrogen-bond donors (Lipinski definition) is 0. The first-order valence-corrected chi connectivity index (χ1v) is 6.19. The maximum absolute atomic E-state index is 11.5. The summed E-state index contributed by atoms with van der Waals surface area (Å²) in [6, 6.07) is 0. The second-order valence-corrected chi connectivity index (χ2v) is 5.08. The van der Waals surface area contributed by atoms with Crippen molar-refractivity contribution in [3.8, 4) is 0 Å². The van der Waals surface area contributed by atoms with Gasteiger partial charge in [-0.3, -0.25) is 0 Å². The molecule has 3 aliphatic rings. The third-order valence-corrected chi connectivity index (χ3v) is 3.45. The molecule has 100 valence electrons. The zero-order valence-electron chi connectivity index (χ0n) is 10.8. The topological polar surface area (TPSA) is 61.8 Å². The molecule has 0 aromatic carbocycles. The van der Waals surface area contributed by atoms with Crippen molar-refractivity contribution in [1.82, 2.24) is 0 Å². The van der Waals surface area contributed by atoms with Crippen LogP contribution in [0.5, 0.6) is 0 Å². The van der Waals surface area contributed by atoms with E-state index in [2.05, 4.69) is 6.58 Å². The van der Waals surface area contributed by atoms with Crippen LogP contribution in [0.1, 0.15) is 20.3 Å². The number of esters is 2. The minimum absolute atomic E-state index is 0.0573. The van der Waals surface area contributed by atoms with E-state index in [1.807, 2.05) is 0 Å². The Morgan fingerprint density at radius 1 is 1.58 bits per heavy atom.